The number of hydrogen-bond acceptors (Lipinski definition) is 3. The number of rotatable bonds is 1. The van der Waals surface area contributed by atoms with Gasteiger partial charge in [-0.1, -0.05) is 0 Å². The van der Waals surface area contributed by atoms with Gasteiger partial charge in [-0.05, 0) is 12.8 Å². The lowest BCUT2D eigenvalue weighted by atomic mass is 10.3. The SMILES string of the molecule is O=c1cc(O)cc(C2CC2)o1. The standard InChI is InChI=1S/C8H8O3/c9-6-3-7(5-1-2-5)11-8(10)4-6/h3-5,9H,1-2H2. The molecule has 1 saturated carbocycles. The largest absolute Gasteiger partial charge is 0.508 e. The minimum absolute atomic E-state index is 0.00292. The smallest absolute Gasteiger partial charge is 0.339 e. The van der Waals surface area contributed by atoms with Crippen LogP contribution in [0.2, 0.25) is 0 Å². The summed E-state index contributed by atoms with van der Waals surface area (Å²) in [5.74, 6) is 0.993. The fourth-order valence-corrected chi connectivity index (χ4v) is 1.05. The van der Waals surface area contributed by atoms with E-state index in [0.29, 0.717) is 11.7 Å². The lowest BCUT2D eigenvalue weighted by Gasteiger charge is -1.94. The predicted molar refractivity (Wildman–Crippen MR) is 38.6 cm³/mol. The summed E-state index contributed by atoms with van der Waals surface area (Å²) >= 11 is 0. The highest BCUT2D eigenvalue weighted by Gasteiger charge is 2.26. The lowest BCUT2D eigenvalue weighted by molar-refractivity contribution is 0.424. The molecule has 1 aliphatic rings. The molecule has 1 aromatic heterocycles. The van der Waals surface area contributed by atoms with Crippen LogP contribution in [0.15, 0.2) is 21.3 Å². The minimum Gasteiger partial charge on any atom is -0.508 e. The van der Waals surface area contributed by atoms with Crippen LogP contribution in [-0.2, 0) is 0 Å². The van der Waals surface area contributed by atoms with Crippen molar-refractivity contribution in [1.82, 2.24) is 0 Å². The Kier molecular flexibility index (Phi) is 1.24. The zero-order chi connectivity index (χ0) is 7.84. The monoisotopic (exact) mass is 152 g/mol. The first-order chi connectivity index (χ1) is 5.25. The third-order valence-electron chi connectivity index (χ3n) is 1.75. The molecule has 11 heavy (non-hydrogen) atoms. The van der Waals surface area contributed by atoms with Crippen molar-refractivity contribution in [3.05, 3.63) is 28.3 Å². The van der Waals surface area contributed by atoms with Gasteiger partial charge in [0.05, 0.1) is 6.07 Å². The highest BCUT2D eigenvalue weighted by atomic mass is 16.4. The summed E-state index contributed by atoms with van der Waals surface area (Å²) in [6, 6.07) is 2.59. The quantitative estimate of drug-likeness (QED) is 0.658. The van der Waals surface area contributed by atoms with Crippen LogP contribution >= 0.6 is 0 Å². The summed E-state index contributed by atoms with van der Waals surface area (Å²) in [5, 5.41) is 9.01. The van der Waals surface area contributed by atoms with Crippen molar-refractivity contribution in [2.75, 3.05) is 0 Å². The molecule has 0 radical (unpaired) electrons. The first-order valence-corrected chi connectivity index (χ1v) is 3.60. The van der Waals surface area contributed by atoms with E-state index in [9.17, 15) is 4.79 Å². The van der Waals surface area contributed by atoms with Crippen molar-refractivity contribution in [2.45, 2.75) is 18.8 Å². The molecular formula is C8H8O3. The van der Waals surface area contributed by atoms with Crippen LogP contribution in [0.25, 0.3) is 0 Å². The fraction of sp³-hybridized carbons (Fsp3) is 0.375. The van der Waals surface area contributed by atoms with Gasteiger partial charge >= 0.3 is 5.63 Å². The molecule has 0 spiro atoms. The second-order valence-corrected chi connectivity index (χ2v) is 2.81. The van der Waals surface area contributed by atoms with Gasteiger partial charge in [-0.15, -0.1) is 0 Å². The van der Waals surface area contributed by atoms with E-state index in [1.165, 1.54) is 6.07 Å². The topological polar surface area (TPSA) is 50.4 Å². The number of hydrogen-bond donors (Lipinski definition) is 1. The number of aromatic hydroxyl groups is 1. The van der Waals surface area contributed by atoms with Crippen molar-refractivity contribution >= 4 is 0 Å². The minimum atomic E-state index is -0.466. The molecule has 0 atom stereocenters. The van der Waals surface area contributed by atoms with Crippen molar-refractivity contribution in [2.24, 2.45) is 0 Å². The molecule has 0 bridgehead atoms. The van der Waals surface area contributed by atoms with E-state index in [1.54, 1.807) is 0 Å². The van der Waals surface area contributed by atoms with Crippen molar-refractivity contribution in [1.29, 1.82) is 0 Å². The van der Waals surface area contributed by atoms with Gasteiger partial charge in [0.1, 0.15) is 11.5 Å². The Bertz CT molecular complexity index is 322. The second-order valence-electron chi connectivity index (χ2n) is 2.81. The Morgan fingerprint density at radius 1 is 1.45 bits per heavy atom. The summed E-state index contributed by atoms with van der Waals surface area (Å²) in [5.41, 5.74) is -0.466. The zero-order valence-electron chi connectivity index (χ0n) is 5.91. The van der Waals surface area contributed by atoms with Crippen LogP contribution in [0.1, 0.15) is 24.5 Å². The lowest BCUT2D eigenvalue weighted by Crippen LogP contribution is -1.97. The molecule has 1 aromatic rings. The maximum absolute atomic E-state index is 10.7. The van der Waals surface area contributed by atoms with Gasteiger partial charge in [0.25, 0.3) is 0 Å². The summed E-state index contributed by atoms with van der Waals surface area (Å²) < 4.78 is 4.87. The van der Waals surface area contributed by atoms with E-state index < -0.39 is 5.63 Å². The molecule has 58 valence electrons. The molecule has 3 nitrogen and oxygen atoms in total. The first-order valence-electron chi connectivity index (χ1n) is 3.60. The van der Waals surface area contributed by atoms with E-state index in [1.807, 2.05) is 0 Å². The van der Waals surface area contributed by atoms with Crippen molar-refractivity contribution in [3.63, 3.8) is 0 Å². The van der Waals surface area contributed by atoms with Gasteiger partial charge in [-0.25, -0.2) is 4.79 Å². The van der Waals surface area contributed by atoms with Gasteiger partial charge in [0.15, 0.2) is 0 Å². The summed E-state index contributed by atoms with van der Waals surface area (Å²) in [6.07, 6.45) is 2.12. The van der Waals surface area contributed by atoms with Crippen LogP contribution in [0.5, 0.6) is 5.75 Å². The van der Waals surface area contributed by atoms with Gasteiger partial charge in [-0.2, -0.15) is 0 Å². The van der Waals surface area contributed by atoms with Gasteiger partial charge in [0.2, 0.25) is 0 Å². The maximum Gasteiger partial charge on any atom is 0.339 e. The third kappa shape index (κ3) is 1.27. The molecule has 0 unspecified atom stereocenters. The molecule has 0 aromatic carbocycles. The van der Waals surface area contributed by atoms with E-state index in [4.69, 9.17) is 9.52 Å². The zero-order valence-corrected chi connectivity index (χ0v) is 5.91. The Morgan fingerprint density at radius 3 is 2.73 bits per heavy atom. The molecule has 1 N–H and O–H groups in total. The Morgan fingerprint density at radius 2 is 2.18 bits per heavy atom. The second kappa shape index (κ2) is 2.12. The Labute approximate surface area is 63.3 Å². The maximum atomic E-state index is 10.7. The Balaban J connectivity index is 2.47. The van der Waals surface area contributed by atoms with E-state index in [-0.39, 0.29) is 5.75 Å². The third-order valence-corrected chi connectivity index (χ3v) is 1.75. The van der Waals surface area contributed by atoms with Crippen LogP contribution in [0, 0.1) is 0 Å². The molecule has 1 aliphatic carbocycles. The molecule has 1 heterocycles. The van der Waals surface area contributed by atoms with Crippen LogP contribution in [0.3, 0.4) is 0 Å². The molecule has 3 heteroatoms. The highest BCUT2D eigenvalue weighted by molar-refractivity contribution is 5.22. The summed E-state index contributed by atoms with van der Waals surface area (Å²) in [4.78, 5) is 10.7. The molecule has 1 fully saturated rings. The first kappa shape index (κ1) is 6.46. The average Bonchev–Trinajstić information content (AvgIpc) is 2.64. The summed E-state index contributed by atoms with van der Waals surface area (Å²) in [6.45, 7) is 0. The van der Waals surface area contributed by atoms with E-state index >= 15 is 0 Å². The highest BCUT2D eigenvalue weighted by Crippen LogP contribution is 2.40. The average molecular weight is 152 g/mol. The van der Waals surface area contributed by atoms with Crippen molar-refractivity contribution in [3.8, 4) is 5.75 Å². The predicted octanol–water partition coefficient (Wildman–Crippen LogP) is 1.22. The van der Waals surface area contributed by atoms with Crippen LogP contribution < -0.4 is 5.63 Å². The van der Waals surface area contributed by atoms with Gasteiger partial charge in [0, 0.05) is 12.0 Å². The Hall–Kier alpha value is -1.25. The van der Waals surface area contributed by atoms with E-state index in [2.05, 4.69) is 0 Å². The molecule has 0 aliphatic heterocycles. The molecular weight excluding hydrogens is 144 g/mol. The molecule has 2 rings (SSSR count). The summed E-state index contributed by atoms with van der Waals surface area (Å²) in [7, 11) is 0. The van der Waals surface area contributed by atoms with Crippen LogP contribution in [-0.4, -0.2) is 5.11 Å². The van der Waals surface area contributed by atoms with Crippen molar-refractivity contribution < 1.29 is 9.52 Å². The molecule has 0 amide bonds. The normalized spacial score (nSPS) is 16.7. The van der Waals surface area contributed by atoms with Crippen LogP contribution in [0.4, 0.5) is 0 Å². The van der Waals surface area contributed by atoms with Gasteiger partial charge < -0.3 is 9.52 Å². The van der Waals surface area contributed by atoms with Gasteiger partial charge in [-0.3, -0.25) is 0 Å². The fourth-order valence-electron chi connectivity index (χ4n) is 1.05. The van der Waals surface area contributed by atoms with E-state index in [0.717, 1.165) is 18.9 Å². The molecule has 0 saturated heterocycles.